The summed E-state index contributed by atoms with van der Waals surface area (Å²) in [5.41, 5.74) is 8.43. The Labute approximate surface area is 386 Å². The molecule has 69 heavy (non-hydrogen) atoms. The van der Waals surface area contributed by atoms with Crippen molar-refractivity contribution in [3.05, 3.63) is 10.4 Å². The molecule has 0 aromatic carbocycles. The minimum absolute atomic E-state index is 0.0835. The van der Waals surface area contributed by atoms with Gasteiger partial charge in [-0.1, -0.05) is 5.11 Å². The molecule has 6 aliphatic heterocycles. The lowest BCUT2D eigenvalue weighted by Crippen LogP contribution is -2.64. The Kier molecular flexibility index (Phi) is 25.7. The van der Waals surface area contributed by atoms with Crippen LogP contribution in [0.5, 0.6) is 0 Å². The van der Waals surface area contributed by atoms with Crippen molar-refractivity contribution >= 4 is 18.5 Å². The maximum Gasteiger partial charge on any atom is 0.373 e. The number of azide groups is 1. The number of aliphatic hydroxyl groups is 13. The molecule has 0 aromatic rings. The second kappa shape index (κ2) is 29.7. The molecular weight excluding hydrogens is 958 g/mol. The highest BCUT2D eigenvalue weighted by atomic mass is 16.8. The maximum atomic E-state index is 11.3. The first-order valence-corrected chi connectivity index (χ1v) is 20.3. The third-order valence-electron chi connectivity index (χ3n) is 10.6. The van der Waals surface area contributed by atoms with Crippen LogP contribution >= 0.6 is 0 Å². The van der Waals surface area contributed by atoms with Gasteiger partial charge in [0.1, 0.15) is 110 Å². The zero-order chi connectivity index (χ0) is 51.5. The molecular formula is C35H53N3O31. The molecule has 0 aromatic heterocycles. The molecule has 34 heteroatoms. The molecule has 6 heterocycles. The van der Waals surface area contributed by atoms with Crippen LogP contribution in [0.25, 0.3) is 10.4 Å². The average Bonchev–Trinajstić information content (AvgIpc) is 3.31. The molecule has 0 amide bonds. The van der Waals surface area contributed by atoms with E-state index in [0.717, 1.165) is 0 Å². The normalized spacial score (nSPS) is 44.2. The quantitative estimate of drug-likeness (QED) is 0.0333. The fourth-order valence-electron chi connectivity index (χ4n) is 7.26. The summed E-state index contributed by atoms with van der Waals surface area (Å²) in [5.74, 6) is 0. The molecule has 6 saturated heterocycles. The second-order valence-corrected chi connectivity index (χ2v) is 15.1. The van der Waals surface area contributed by atoms with Crippen molar-refractivity contribution in [2.75, 3.05) is 52.8 Å². The number of hydrogen-bond acceptors (Lipinski definition) is 32. The predicted molar refractivity (Wildman–Crippen MR) is 196 cm³/mol. The molecule has 0 saturated carbocycles. The van der Waals surface area contributed by atoms with E-state index in [1.165, 1.54) is 0 Å². The number of carbonyl (C=O) groups excluding carboxylic acids is 6. The van der Waals surface area contributed by atoms with Gasteiger partial charge in [-0.3, -0.25) is 0 Å². The van der Waals surface area contributed by atoms with Gasteiger partial charge in [0, 0.05) is 11.5 Å². The Morgan fingerprint density at radius 1 is 0.391 bits per heavy atom. The number of nitrogens with zero attached hydrogens (tertiary/aromatic N) is 3. The minimum Gasteiger partial charge on any atom is -0.388 e. The molecule has 24 atom stereocenters. The predicted octanol–water partition coefficient (Wildman–Crippen LogP) is -10.7. The lowest BCUT2D eigenvalue weighted by atomic mass is 10.0. The zero-order valence-corrected chi connectivity index (χ0v) is 35.5. The lowest BCUT2D eigenvalue weighted by molar-refractivity contribution is -0.375. The van der Waals surface area contributed by atoms with Gasteiger partial charge in [-0.2, -0.15) is 28.8 Å². The fourth-order valence-corrected chi connectivity index (χ4v) is 7.26. The summed E-state index contributed by atoms with van der Waals surface area (Å²) in [6.07, 6.45) is -38.7. The average molecular weight is 1010 g/mol. The highest BCUT2D eigenvalue weighted by molar-refractivity contribution is 5.20. The molecule has 0 aliphatic carbocycles. The van der Waals surface area contributed by atoms with Gasteiger partial charge in [-0.25, -0.2) is 0 Å². The molecule has 0 spiro atoms. The molecule has 0 radical (unpaired) electrons. The molecule has 0 bridgehead atoms. The van der Waals surface area contributed by atoms with E-state index in [9.17, 15) is 66.4 Å². The molecule has 6 aliphatic rings. The monoisotopic (exact) mass is 1010 g/mol. The molecule has 6 fully saturated rings. The molecule has 13 N–H and O–H groups in total. The maximum absolute atomic E-state index is 11.3. The van der Waals surface area contributed by atoms with Gasteiger partial charge in [0.15, 0.2) is 37.7 Å². The van der Waals surface area contributed by atoms with Crippen LogP contribution in [-0.4, -0.2) is 285 Å². The van der Waals surface area contributed by atoms with Gasteiger partial charge in [0.2, 0.25) is 0 Å². The van der Waals surface area contributed by atoms with Crippen molar-refractivity contribution in [1.29, 1.82) is 0 Å². The highest BCUT2D eigenvalue weighted by Crippen LogP contribution is 2.32. The van der Waals surface area contributed by atoms with Crippen molar-refractivity contribution in [2.45, 2.75) is 148 Å². The Balaban J connectivity index is 0.00000130. The Bertz CT molecular complexity index is 1640. The van der Waals surface area contributed by atoms with Gasteiger partial charge in [-0.15, -0.1) is 0 Å². The van der Waals surface area contributed by atoms with Gasteiger partial charge in [0.05, 0.1) is 46.2 Å². The van der Waals surface area contributed by atoms with Crippen molar-refractivity contribution in [2.24, 2.45) is 5.11 Å². The molecule has 34 nitrogen and oxygen atoms in total. The first kappa shape index (κ1) is 59.8. The number of rotatable bonds is 14. The number of hydrogen-bond donors (Lipinski definition) is 13. The van der Waals surface area contributed by atoms with E-state index >= 15 is 0 Å². The number of aliphatic hydroxyl groups excluding tert-OH is 13. The molecule has 6 unspecified atom stereocenters. The van der Waals surface area contributed by atoms with Crippen LogP contribution in [0.3, 0.4) is 0 Å². The van der Waals surface area contributed by atoms with Gasteiger partial charge >= 0.3 is 18.5 Å². The highest BCUT2D eigenvalue weighted by Gasteiger charge is 2.53. The first-order valence-electron chi connectivity index (χ1n) is 20.3. The smallest absolute Gasteiger partial charge is 0.373 e. The van der Waals surface area contributed by atoms with Crippen LogP contribution in [-0.2, 0) is 85.6 Å². The van der Waals surface area contributed by atoms with Crippen molar-refractivity contribution in [1.82, 2.24) is 0 Å². The van der Waals surface area contributed by atoms with Crippen LogP contribution in [0, 0.1) is 0 Å². The minimum atomic E-state index is -1.92. The third-order valence-corrected chi connectivity index (χ3v) is 10.6. The van der Waals surface area contributed by atoms with E-state index in [-0.39, 0.29) is 38.2 Å². The van der Waals surface area contributed by atoms with Gasteiger partial charge < -0.3 is 123 Å². The summed E-state index contributed by atoms with van der Waals surface area (Å²) in [7, 11) is 0. The van der Waals surface area contributed by atoms with E-state index < -0.39 is 181 Å². The second-order valence-electron chi connectivity index (χ2n) is 15.1. The summed E-state index contributed by atoms with van der Waals surface area (Å²) >= 11 is 0. The van der Waals surface area contributed by atoms with Crippen molar-refractivity contribution in [3.63, 3.8) is 0 Å². The van der Waals surface area contributed by atoms with Gasteiger partial charge in [0.25, 0.3) is 0 Å². The van der Waals surface area contributed by atoms with Crippen LogP contribution in [0.4, 0.5) is 0 Å². The Morgan fingerprint density at radius 2 is 0.623 bits per heavy atom. The summed E-state index contributed by atoms with van der Waals surface area (Å²) in [6.45, 7) is -3.18. The summed E-state index contributed by atoms with van der Waals surface area (Å²) in [4.78, 5) is 51.3. The van der Waals surface area contributed by atoms with E-state index in [1.54, 1.807) is 0 Å². The number of ether oxygens (including phenoxy) is 12. The molecule has 394 valence electrons. The standard InChI is InChI=1S/C32H53N3O25.3CO2/c33-35-34-1-2-49-27-17(44)22(10(37)4-50-27)57-29-19(46)24(12(39)6-52-29)59-31-21(48)26(14(41)8-54-31)60-32-20(47)25(13(40)7-55-32)58-30-18(45)23(11(38)5-53-30)56-28-16(43)15(42)9(36)3-51-28;3*2-1-3/h9-32,36-48H,1-8H2;;;/t9-,10-,11-,12-,13-,14-,15+,16?,17?,18?,19?,20?,21?,22+,23+,24+,25+,26+,27-,28-,29-,30+,31+,32-;;;/m1.../s1. The van der Waals surface area contributed by atoms with E-state index in [2.05, 4.69) is 10.0 Å². The SMILES string of the molecule is O=C=O.O=C=O.O=C=O.[N-]=[N+]=NCCO[C@@H]1OC[C@@H](O)[C@H](O[C@H]2OC[C@@H](O)[C@H](O[C@@H]3OC[C@@H](O)[C@H](O[C@H]4OC[C@@H](O)[C@H](O[C@@H]5OC[C@@H](O)[C@H](O[C@H]6OC[C@@H](O)[C@H](O)C6O)C5O)C4O)C3O)C2O)C1O. The van der Waals surface area contributed by atoms with Gasteiger partial charge in [-0.05, 0) is 5.53 Å². The van der Waals surface area contributed by atoms with E-state index in [1.807, 2.05) is 0 Å². The summed E-state index contributed by atoms with van der Waals surface area (Å²) < 4.78 is 65.8. The van der Waals surface area contributed by atoms with Crippen molar-refractivity contribution < 1.29 is 152 Å². The van der Waals surface area contributed by atoms with Crippen LogP contribution in [0.15, 0.2) is 5.11 Å². The van der Waals surface area contributed by atoms with Crippen molar-refractivity contribution in [3.8, 4) is 0 Å². The zero-order valence-electron chi connectivity index (χ0n) is 35.5. The first-order chi connectivity index (χ1) is 32.8. The topological polar surface area (TPSA) is 525 Å². The Morgan fingerprint density at radius 3 is 0.899 bits per heavy atom. The lowest BCUT2D eigenvalue weighted by Gasteiger charge is -2.46. The van der Waals surface area contributed by atoms with Crippen LogP contribution in [0.1, 0.15) is 0 Å². The summed E-state index contributed by atoms with van der Waals surface area (Å²) in [6, 6.07) is 0. The Hall–Kier alpha value is -3.55. The third kappa shape index (κ3) is 16.2. The fraction of sp³-hybridized carbons (Fsp3) is 0.914. The van der Waals surface area contributed by atoms with E-state index in [4.69, 9.17) is 91.1 Å². The summed E-state index contributed by atoms with van der Waals surface area (Å²) in [5, 5.41) is 142. The van der Waals surface area contributed by atoms with Crippen LogP contribution in [0.2, 0.25) is 0 Å². The largest absolute Gasteiger partial charge is 0.388 e. The molecule has 6 rings (SSSR count). The van der Waals surface area contributed by atoms with E-state index in [0.29, 0.717) is 0 Å². The van der Waals surface area contributed by atoms with Crippen LogP contribution < -0.4 is 0 Å².